The monoisotopic (exact) mass is 514 g/mol. The Morgan fingerprint density at radius 1 is 0.718 bits per heavy atom. The van der Waals surface area contributed by atoms with Gasteiger partial charge in [0.2, 0.25) is 5.76 Å². The normalized spacial score (nSPS) is 8.92. The smallest absolute Gasteiger partial charge is 0.379 e. The summed E-state index contributed by atoms with van der Waals surface area (Å²) in [6.07, 6.45) is 11.4. The van der Waals surface area contributed by atoms with E-state index in [4.69, 9.17) is 25.1 Å². The van der Waals surface area contributed by atoms with Crippen LogP contribution < -0.4 is 14.2 Å². The SMILES string of the molecule is C#CC#CC#CC#CC#COc1ccc(C(=O)Oc2ccc(OC(=O)c3ccc(CCCCC)o3)cc2)cc1. The first kappa shape index (κ1) is 27.8. The molecule has 39 heavy (non-hydrogen) atoms. The fourth-order valence-corrected chi connectivity index (χ4v) is 3.03. The van der Waals surface area contributed by atoms with Gasteiger partial charge < -0.3 is 18.6 Å². The average Bonchev–Trinajstić information content (AvgIpc) is 3.43. The fourth-order valence-electron chi connectivity index (χ4n) is 3.03. The molecule has 0 atom stereocenters. The first-order chi connectivity index (χ1) is 19.1. The molecule has 3 aromatic rings. The van der Waals surface area contributed by atoms with Crippen LogP contribution in [0.2, 0.25) is 0 Å². The van der Waals surface area contributed by atoms with Crippen molar-refractivity contribution in [3.05, 3.63) is 77.7 Å². The maximum Gasteiger partial charge on any atom is 0.379 e. The van der Waals surface area contributed by atoms with Crippen LogP contribution in [0.3, 0.4) is 0 Å². The van der Waals surface area contributed by atoms with Crippen LogP contribution in [-0.2, 0) is 6.42 Å². The number of furan rings is 1. The number of esters is 2. The Balaban J connectivity index is 1.48. The molecule has 0 amide bonds. The molecular formula is C33H22O6. The molecule has 0 bridgehead atoms. The van der Waals surface area contributed by atoms with Crippen molar-refractivity contribution in [3.63, 3.8) is 0 Å². The van der Waals surface area contributed by atoms with Crippen molar-refractivity contribution in [3.8, 4) is 77.1 Å². The lowest BCUT2D eigenvalue weighted by Crippen LogP contribution is -2.09. The summed E-state index contributed by atoms with van der Waals surface area (Å²) in [6.45, 7) is 2.13. The van der Waals surface area contributed by atoms with Gasteiger partial charge in [0.15, 0.2) is 0 Å². The molecule has 0 aliphatic heterocycles. The summed E-state index contributed by atoms with van der Waals surface area (Å²) in [5.41, 5.74) is 0.307. The molecule has 3 rings (SSSR count). The summed E-state index contributed by atoms with van der Waals surface area (Å²) in [5.74, 6) is 20.0. The second-order valence-electron chi connectivity index (χ2n) is 7.72. The lowest BCUT2D eigenvalue weighted by Gasteiger charge is -2.06. The van der Waals surface area contributed by atoms with Crippen molar-refractivity contribution in [1.29, 1.82) is 0 Å². The third kappa shape index (κ3) is 9.67. The van der Waals surface area contributed by atoms with Gasteiger partial charge in [0.1, 0.15) is 29.1 Å². The lowest BCUT2D eigenvalue weighted by atomic mass is 10.2. The zero-order chi connectivity index (χ0) is 27.7. The molecule has 0 N–H and O–H groups in total. The van der Waals surface area contributed by atoms with Crippen molar-refractivity contribution in [2.75, 3.05) is 0 Å². The van der Waals surface area contributed by atoms with Crippen molar-refractivity contribution in [2.45, 2.75) is 32.6 Å². The van der Waals surface area contributed by atoms with Gasteiger partial charge in [-0.15, -0.1) is 6.42 Å². The Morgan fingerprint density at radius 2 is 1.31 bits per heavy atom. The summed E-state index contributed by atoms with van der Waals surface area (Å²) in [7, 11) is 0. The van der Waals surface area contributed by atoms with E-state index < -0.39 is 11.9 Å². The van der Waals surface area contributed by atoms with Crippen molar-refractivity contribution in [2.24, 2.45) is 0 Å². The number of unbranched alkanes of at least 4 members (excludes halogenated alkanes) is 2. The maximum absolute atomic E-state index is 12.5. The molecule has 0 radical (unpaired) electrons. The molecule has 0 saturated heterocycles. The minimum atomic E-state index is -0.597. The molecule has 0 unspecified atom stereocenters. The number of carbonyl (C=O) groups excluding carboxylic acids is 2. The number of aryl methyl sites for hydroxylation is 1. The number of hydrogen-bond donors (Lipinski definition) is 0. The third-order valence-electron chi connectivity index (χ3n) is 4.89. The van der Waals surface area contributed by atoms with E-state index in [-0.39, 0.29) is 11.5 Å². The minimum Gasteiger partial charge on any atom is -0.454 e. The largest absolute Gasteiger partial charge is 0.454 e. The van der Waals surface area contributed by atoms with Crippen LogP contribution in [0, 0.1) is 59.9 Å². The van der Waals surface area contributed by atoms with Crippen LogP contribution in [0.1, 0.15) is 52.9 Å². The molecule has 0 fully saturated rings. The first-order valence-electron chi connectivity index (χ1n) is 11.9. The molecule has 2 aromatic carbocycles. The zero-order valence-corrected chi connectivity index (χ0v) is 21.1. The van der Waals surface area contributed by atoms with Gasteiger partial charge in [-0.05, 0) is 90.8 Å². The van der Waals surface area contributed by atoms with E-state index in [1.807, 2.05) is 0 Å². The number of ether oxygens (including phenoxy) is 3. The molecule has 190 valence electrons. The standard InChI is InChI=1S/C33H22O6/c1-3-5-7-8-9-10-11-13-25-36-27-17-15-26(16-18-27)32(34)38-29-19-21-30(22-20-29)39-33(35)31-24-23-28(37-31)14-12-6-4-2/h1,15-24H,4,6,12,14H2,2H3. The topological polar surface area (TPSA) is 75.0 Å². The van der Waals surface area contributed by atoms with Gasteiger partial charge in [0, 0.05) is 30.1 Å². The van der Waals surface area contributed by atoms with Gasteiger partial charge in [0.25, 0.3) is 0 Å². The number of carbonyl (C=O) groups is 2. The van der Waals surface area contributed by atoms with Crippen LogP contribution in [0.25, 0.3) is 0 Å². The summed E-state index contributed by atoms with van der Waals surface area (Å²) < 4.78 is 21.5. The molecule has 0 spiro atoms. The summed E-state index contributed by atoms with van der Waals surface area (Å²) in [4.78, 5) is 24.8. The molecule has 6 nitrogen and oxygen atoms in total. The highest BCUT2D eigenvalue weighted by molar-refractivity contribution is 5.91. The summed E-state index contributed by atoms with van der Waals surface area (Å²) in [6, 6.07) is 15.7. The van der Waals surface area contributed by atoms with Gasteiger partial charge in [-0.25, -0.2) is 9.59 Å². The molecule has 0 saturated carbocycles. The number of rotatable bonds is 9. The van der Waals surface area contributed by atoms with Crippen molar-refractivity contribution < 1.29 is 28.2 Å². The average molecular weight is 515 g/mol. The Hall–Kier alpha value is -5.74. The van der Waals surface area contributed by atoms with Gasteiger partial charge in [-0.3, -0.25) is 0 Å². The van der Waals surface area contributed by atoms with E-state index in [0.717, 1.165) is 31.4 Å². The highest BCUT2D eigenvalue weighted by Crippen LogP contribution is 2.21. The Morgan fingerprint density at radius 3 is 1.95 bits per heavy atom. The van der Waals surface area contributed by atoms with Crippen molar-refractivity contribution in [1.82, 2.24) is 0 Å². The molecule has 0 aliphatic rings. The van der Waals surface area contributed by atoms with Crippen LogP contribution in [0.4, 0.5) is 0 Å². The highest BCUT2D eigenvalue weighted by atomic mass is 16.6. The second-order valence-corrected chi connectivity index (χ2v) is 7.72. The highest BCUT2D eigenvalue weighted by Gasteiger charge is 2.14. The van der Waals surface area contributed by atoms with Crippen LogP contribution in [0.5, 0.6) is 17.2 Å². The van der Waals surface area contributed by atoms with Crippen LogP contribution in [-0.4, -0.2) is 11.9 Å². The second kappa shape index (κ2) is 15.4. The van der Waals surface area contributed by atoms with Gasteiger partial charge in [0.05, 0.1) is 5.56 Å². The molecule has 6 heteroatoms. The molecular weight excluding hydrogens is 492 g/mol. The van der Waals surface area contributed by atoms with Gasteiger partial charge in [-0.2, -0.15) is 0 Å². The van der Waals surface area contributed by atoms with E-state index >= 15 is 0 Å². The molecule has 1 heterocycles. The maximum atomic E-state index is 12.5. The Labute approximate surface area is 227 Å². The predicted octanol–water partition coefficient (Wildman–Crippen LogP) is 5.43. The number of terminal acetylenes is 1. The Kier molecular flexibility index (Phi) is 11.0. The van der Waals surface area contributed by atoms with Crippen molar-refractivity contribution >= 4 is 11.9 Å². The molecule has 1 aromatic heterocycles. The van der Waals surface area contributed by atoms with Crippen LogP contribution >= 0.6 is 0 Å². The fraction of sp³-hybridized carbons (Fsp3) is 0.152. The first-order valence-corrected chi connectivity index (χ1v) is 11.9. The quantitative estimate of drug-likeness (QED) is 0.164. The summed E-state index contributed by atoms with van der Waals surface area (Å²) in [5, 5.41) is 0. The third-order valence-corrected chi connectivity index (χ3v) is 4.89. The number of hydrogen-bond acceptors (Lipinski definition) is 6. The number of benzene rings is 2. The van der Waals surface area contributed by atoms with E-state index in [0.29, 0.717) is 17.1 Å². The van der Waals surface area contributed by atoms with E-state index in [9.17, 15) is 9.59 Å². The minimum absolute atomic E-state index is 0.139. The predicted molar refractivity (Wildman–Crippen MR) is 145 cm³/mol. The van der Waals surface area contributed by atoms with Crippen LogP contribution in [0.15, 0.2) is 65.1 Å². The van der Waals surface area contributed by atoms with E-state index in [1.165, 1.54) is 36.4 Å². The van der Waals surface area contributed by atoms with Gasteiger partial charge >= 0.3 is 11.9 Å². The Bertz CT molecular complexity index is 1590. The van der Waals surface area contributed by atoms with Gasteiger partial charge in [-0.1, -0.05) is 19.8 Å². The summed E-state index contributed by atoms with van der Waals surface area (Å²) >= 11 is 0. The van der Waals surface area contributed by atoms with E-state index in [1.54, 1.807) is 24.3 Å². The molecule has 0 aliphatic carbocycles. The van der Waals surface area contributed by atoms with E-state index in [2.05, 4.69) is 60.4 Å². The zero-order valence-electron chi connectivity index (χ0n) is 21.1. The lowest BCUT2D eigenvalue weighted by molar-refractivity contribution is 0.0694.